The van der Waals surface area contributed by atoms with Crippen LogP contribution in [0.1, 0.15) is 16.5 Å². The number of anilines is 1. The van der Waals surface area contributed by atoms with Crippen molar-refractivity contribution in [3.63, 3.8) is 0 Å². The van der Waals surface area contributed by atoms with Crippen LogP contribution in [-0.4, -0.2) is 50.8 Å². The number of nitrogens with zero attached hydrogens (tertiary/aromatic N) is 5. The third-order valence-corrected chi connectivity index (χ3v) is 6.46. The molecule has 148 valence electrons. The van der Waals surface area contributed by atoms with Crippen LogP contribution in [0.15, 0.2) is 60.9 Å². The maximum Gasteiger partial charge on any atom is 0.230 e. The quantitative estimate of drug-likeness (QED) is 0.559. The summed E-state index contributed by atoms with van der Waals surface area (Å²) < 4.78 is 15.0. The number of rotatable bonds is 4. The Hall–Kier alpha value is -2.97. The topological polar surface area (TPSA) is 56.9 Å². The summed E-state index contributed by atoms with van der Waals surface area (Å²) >= 11 is 1.42. The molecule has 1 aliphatic rings. The summed E-state index contributed by atoms with van der Waals surface area (Å²) in [5.74, 6) is -0.171. The number of piperazine rings is 1. The highest BCUT2D eigenvalue weighted by molar-refractivity contribution is 7.17. The van der Waals surface area contributed by atoms with Crippen molar-refractivity contribution in [1.82, 2.24) is 19.5 Å². The summed E-state index contributed by atoms with van der Waals surface area (Å²) in [6, 6.07) is 16.7. The minimum atomic E-state index is -0.270. The van der Waals surface area contributed by atoms with Gasteiger partial charge < -0.3 is 10.0 Å². The van der Waals surface area contributed by atoms with Crippen LogP contribution in [0.25, 0.3) is 4.96 Å². The van der Waals surface area contributed by atoms with E-state index in [1.54, 1.807) is 12.1 Å². The molecule has 0 aliphatic carbocycles. The normalized spacial score (nSPS) is 16.4. The number of aromatic hydroxyl groups is 1. The Balaban J connectivity index is 1.47. The Kier molecular flexibility index (Phi) is 4.65. The second-order valence-corrected chi connectivity index (χ2v) is 8.07. The van der Waals surface area contributed by atoms with Crippen molar-refractivity contribution in [1.29, 1.82) is 0 Å². The molecular formula is C21H20FN5OS. The largest absolute Gasteiger partial charge is 0.492 e. The third-order valence-electron chi connectivity index (χ3n) is 5.37. The first-order chi connectivity index (χ1) is 14.2. The van der Waals surface area contributed by atoms with E-state index in [0.717, 1.165) is 36.6 Å². The van der Waals surface area contributed by atoms with Gasteiger partial charge in [0, 0.05) is 31.9 Å². The first-order valence-electron chi connectivity index (χ1n) is 9.51. The molecule has 6 nitrogen and oxygen atoms in total. The first-order valence-corrected chi connectivity index (χ1v) is 10.3. The molecule has 2 aromatic carbocycles. The summed E-state index contributed by atoms with van der Waals surface area (Å²) in [6.45, 7) is 3.40. The Labute approximate surface area is 171 Å². The Morgan fingerprint density at radius 2 is 1.69 bits per heavy atom. The number of aromatic nitrogens is 3. The number of para-hydroxylation sites is 1. The van der Waals surface area contributed by atoms with E-state index in [-0.39, 0.29) is 17.7 Å². The predicted octanol–water partition coefficient (Wildman–Crippen LogP) is 3.55. The molecule has 5 rings (SSSR count). The highest BCUT2D eigenvalue weighted by Crippen LogP contribution is 2.40. The molecule has 1 N–H and O–H groups in total. The average Bonchev–Trinajstić information content (AvgIpc) is 3.34. The molecule has 1 fully saturated rings. The summed E-state index contributed by atoms with van der Waals surface area (Å²) in [5, 5.41) is 14.9. The maximum absolute atomic E-state index is 13.5. The minimum absolute atomic E-state index is 0.0994. The molecule has 4 aromatic rings. The summed E-state index contributed by atoms with van der Waals surface area (Å²) in [6.07, 6.45) is 1.43. The van der Waals surface area contributed by atoms with Gasteiger partial charge in [-0.15, -0.1) is 0 Å². The zero-order valence-electron chi connectivity index (χ0n) is 15.6. The van der Waals surface area contributed by atoms with Gasteiger partial charge in [-0.25, -0.2) is 9.37 Å². The fraction of sp³-hybridized carbons (Fsp3) is 0.238. The first kappa shape index (κ1) is 18.1. The van der Waals surface area contributed by atoms with Gasteiger partial charge in [0.15, 0.2) is 0 Å². The fourth-order valence-electron chi connectivity index (χ4n) is 3.92. The average molecular weight is 409 g/mol. The molecule has 0 bridgehead atoms. The molecular weight excluding hydrogens is 389 g/mol. The molecule has 1 atom stereocenters. The number of hydrogen-bond acceptors (Lipinski definition) is 6. The van der Waals surface area contributed by atoms with Crippen molar-refractivity contribution < 1.29 is 9.50 Å². The Bertz CT molecular complexity index is 1100. The number of thiazole rings is 1. The Morgan fingerprint density at radius 3 is 2.38 bits per heavy atom. The number of halogens is 1. The minimum Gasteiger partial charge on any atom is -0.492 e. The van der Waals surface area contributed by atoms with E-state index in [0.29, 0.717) is 4.96 Å². The van der Waals surface area contributed by atoms with Gasteiger partial charge in [-0.2, -0.15) is 9.61 Å². The van der Waals surface area contributed by atoms with Crippen molar-refractivity contribution in [3.8, 4) is 5.88 Å². The van der Waals surface area contributed by atoms with E-state index in [1.165, 1.54) is 40.0 Å². The highest BCUT2D eigenvalue weighted by atomic mass is 32.1. The van der Waals surface area contributed by atoms with Gasteiger partial charge in [-0.3, -0.25) is 4.90 Å². The second-order valence-electron chi connectivity index (χ2n) is 7.06. The van der Waals surface area contributed by atoms with Crippen LogP contribution in [0.5, 0.6) is 5.88 Å². The van der Waals surface area contributed by atoms with Gasteiger partial charge in [0.1, 0.15) is 12.1 Å². The van der Waals surface area contributed by atoms with E-state index in [2.05, 4.69) is 44.1 Å². The van der Waals surface area contributed by atoms with Gasteiger partial charge in [-0.1, -0.05) is 41.7 Å². The third kappa shape index (κ3) is 3.34. The standard InChI is InChI=1S/C21H20FN5OS/c22-16-8-6-15(7-9-16)18(19-20(28)27-21(29-19)23-14-24-27)26-12-10-25(11-13-26)17-4-2-1-3-5-17/h1-9,14,18,28H,10-13H2. The fourth-order valence-corrected chi connectivity index (χ4v) is 5.01. The van der Waals surface area contributed by atoms with Crippen LogP contribution >= 0.6 is 11.3 Å². The van der Waals surface area contributed by atoms with Crippen LogP contribution in [0, 0.1) is 5.82 Å². The molecule has 0 saturated carbocycles. The maximum atomic E-state index is 13.5. The molecule has 8 heteroatoms. The zero-order chi connectivity index (χ0) is 19.8. The van der Waals surface area contributed by atoms with Gasteiger partial charge in [-0.05, 0) is 29.8 Å². The van der Waals surface area contributed by atoms with E-state index >= 15 is 0 Å². The van der Waals surface area contributed by atoms with Gasteiger partial charge in [0.2, 0.25) is 10.8 Å². The molecule has 0 radical (unpaired) electrons. The molecule has 0 spiro atoms. The monoisotopic (exact) mass is 409 g/mol. The van der Waals surface area contributed by atoms with Crippen LogP contribution in [0.2, 0.25) is 0 Å². The second kappa shape index (κ2) is 7.46. The molecule has 2 aromatic heterocycles. The SMILES string of the molecule is Oc1c(C(c2ccc(F)cc2)N2CCN(c3ccccc3)CC2)sc2ncnn12. The lowest BCUT2D eigenvalue weighted by Gasteiger charge is -2.40. The number of hydrogen-bond donors (Lipinski definition) is 1. The van der Waals surface area contributed by atoms with E-state index in [1.807, 2.05) is 6.07 Å². The number of fused-ring (bicyclic) bond motifs is 1. The zero-order valence-corrected chi connectivity index (χ0v) is 16.5. The van der Waals surface area contributed by atoms with E-state index < -0.39 is 0 Å². The smallest absolute Gasteiger partial charge is 0.230 e. The lowest BCUT2D eigenvalue weighted by atomic mass is 10.0. The summed E-state index contributed by atoms with van der Waals surface area (Å²) in [7, 11) is 0. The van der Waals surface area contributed by atoms with Crippen LogP contribution in [0.4, 0.5) is 10.1 Å². The Morgan fingerprint density at radius 1 is 0.966 bits per heavy atom. The lowest BCUT2D eigenvalue weighted by molar-refractivity contribution is 0.211. The van der Waals surface area contributed by atoms with Crippen molar-refractivity contribution in [3.05, 3.63) is 77.2 Å². The van der Waals surface area contributed by atoms with Crippen molar-refractivity contribution in [2.75, 3.05) is 31.1 Å². The van der Waals surface area contributed by atoms with Gasteiger partial charge in [0.25, 0.3) is 0 Å². The molecule has 29 heavy (non-hydrogen) atoms. The van der Waals surface area contributed by atoms with E-state index in [4.69, 9.17) is 0 Å². The lowest BCUT2D eigenvalue weighted by Crippen LogP contribution is -2.47. The van der Waals surface area contributed by atoms with Crippen LogP contribution in [-0.2, 0) is 0 Å². The summed E-state index contributed by atoms with van der Waals surface area (Å²) in [4.78, 5) is 10.3. The van der Waals surface area contributed by atoms with Crippen LogP contribution < -0.4 is 4.90 Å². The van der Waals surface area contributed by atoms with Crippen molar-refractivity contribution in [2.24, 2.45) is 0 Å². The van der Waals surface area contributed by atoms with Crippen molar-refractivity contribution in [2.45, 2.75) is 6.04 Å². The van der Waals surface area contributed by atoms with Gasteiger partial charge in [0.05, 0.1) is 10.9 Å². The predicted molar refractivity (Wildman–Crippen MR) is 111 cm³/mol. The molecule has 1 unspecified atom stereocenters. The van der Waals surface area contributed by atoms with E-state index in [9.17, 15) is 9.50 Å². The highest BCUT2D eigenvalue weighted by Gasteiger charge is 2.31. The van der Waals surface area contributed by atoms with Gasteiger partial charge >= 0.3 is 0 Å². The molecule has 1 aliphatic heterocycles. The van der Waals surface area contributed by atoms with Crippen molar-refractivity contribution >= 4 is 22.0 Å². The molecule has 0 amide bonds. The number of benzene rings is 2. The summed E-state index contributed by atoms with van der Waals surface area (Å²) in [5.41, 5.74) is 2.16. The van der Waals surface area contributed by atoms with Crippen LogP contribution in [0.3, 0.4) is 0 Å². The molecule has 3 heterocycles. The molecule has 1 saturated heterocycles.